The Bertz CT molecular complexity index is 719. The summed E-state index contributed by atoms with van der Waals surface area (Å²) in [7, 11) is 1.93. The molecule has 0 saturated heterocycles. The lowest BCUT2D eigenvalue weighted by atomic mass is 10.1. The summed E-state index contributed by atoms with van der Waals surface area (Å²) in [5.74, 6) is 0. The molecule has 0 fully saturated rings. The van der Waals surface area contributed by atoms with Crippen LogP contribution in [0.25, 0.3) is 0 Å². The van der Waals surface area contributed by atoms with Gasteiger partial charge in [0.2, 0.25) is 0 Å². The molecule has 3 heterocycles. The van der Waals surface area contributed by atoms with E-state index in [4.69, 9.17) is 4.84 Å². The molecule has 0 radical (unpaired) electrons. The minimum Gasteiger partial charge on any atom is -0.389 e. The van der Waals surface area contributed by atoms with Crippen LogP contribution >= 0.6 is 11.3 Å². The van der Waals surface area contributed by atoms with Gasteiger partial charge < -0.3 is 9.40 Å². The van der Waals surface area contributed by atoms with Gasteiger partial charge in [-0.05, 0) is 23.6 Å². The van der Waals surface area contributed by atoms with Crippen LogP contribution in [0.2, 0.25) is 0 Å². The summed E-state index contributed by atoms with van der Waals surface area (Å²) in [6.07, 6.45) is 5.26. The number of thiophene rings is 1. The van der Waals surface area contributed by atoms with Crippen molar-refractivity contribution in [1.29, 1.82) is 0 Å². The predicted molar refractivity (Wildman–Crippen MR) is 82.2 cm³/mol. The van der Waals surface area contributed by atoms with Gasteiger partial charge in [-0.3, -0.25) is 4.98 Å². The summed E-state index contributed by atoms with van der Waals surface area (Å²) in [6, 6.07) is 7.72. The second-order valence-electron chi connectivity index (χ2n) is 4.44. The molecule has 0 unspecified atom stereocenters. The smallest absolute Gasteiger partial charge is 0.159 e. The molecule has 0 saturated carbocycles. The first-order valence-corrected chi connectivity index (χ1v) is 7.38. The summed E-state index contributed by atoms with van der Waals surface area (Å²) < 4.78 is 1.92. The molecule has 0 aliphatic carbocycles. The fourth-order valence-corrected chi connectivity index (χ4v) is 2.52. The van der Waals surface area contributed by atoms with E-state index < -0.39 is 0 Å². The molecular formula is C15H14N4OS. The van der Waals surface area contributed by atoms with Gasteiger partial charge in [-0.15, -0.1) is 0 Å². The van der Waals surface area contributed by atoms with Crippen molar-refractivity contribution in [3.05, 3.63) is 70.7 Å². The average Bonchev–Trinajstić information content (AvgIpc) is 3.17. The van der Waals surface area contributed by atoms with Crippen LogP contribution in [-0.4, -0.2) is 20.2 Å². The van der Waals surface area contributed by atoms with E-state index in [0.29, 0.717) is 6.61 Å². The van der Waals surface area contributed by atoms with Gasteiger partial charge in [0.05, 0.1) is 23.9 Å². The SMILES string of the molecule is Cn1cncc1C(=NOCc1ccccn1)c1ccsc1. The summed E-state index contributed by atoms with van der Waals surface area (Å²) in [5, 5.41) is 8.34. The Morgan fingerprint density at radius 3 is 3.00 bits per heavy atom. The van der Waals surface area contributed by atoms with Crippen molar-refractivity contribution in [3.63, 3.8) is 0 Å². The maximum absolute atomic E-state index is 5.47. The van der Waals surface area contributed by atoms with Crippen LogP contribution in [0.1, 0.15) is 17.0 Å². The third-order valence-electron chi connectivity index (χ3n) is 2.95. The number of hydrogen-bond donors (Lipinski definition) is 0. The van der Waals surface area contributed by atoms with Crippen LogP contribution in [-0.2, 0) is 18.5 Å². The molecule has 5 nitrogen and oxygen atoms in total. The standard InChI is InChI=1S/C15H14N4OS/c1-19-11-16-8-14(19)15(12-5-7-21-10-12)18-20-9-13-4-2-3-6-17-13/h2-8,10-11H,9H2,1H3. The highest BCUT2D eigenvalue weighted by Crippen LogP contribution is 2.14. The number of nitrogens with zero attached hydrogens (tertiary/aromatic N) is 4. The molecule has 0 aliphatic rings. The maximum Gasteiger partial charge on any atom is 0.159 e. The number of imidazole rings is 1. The maximum atomic E-state index is 5.47. The van der Waals surface area contributed by atoms with E-state index in [1.54, 1.807) is 30.1 Å². The largest absolute Gasteiger partial charge is 0.389 e. The zero-order chi connectivity index (χ0) is 14.5. The topological polar surface area (TPSA) is 52.3 Å². The first-order chi connectivity index (χ1) is 10.3. The summed E-state index contributed by atoms with van der Waals surface area (Å²) in [6.45, 7) is 0.340. The summed E-state index contributed by atoms with van der Waals surface area (Å²) >= 11 is 1.62. The highest BCUT2D eigenvalue weighted by Gasteiger charge is 2.12. The zero-order valence-corrected chi connectivity index (χ0v) is 12.3. The van der Waals surface area contributed by atoms with Gasteiger partial charge in [0.1, 0.15) is 5.71 Å². The van der Waals surface area contributed by atoms with E-state index in [1.807, 2.05) is 46.6 Å². The number of hydrogen-bond acceptors (Lipinski definition) is 5. The molecule has 0 N–H and O–H groups in total. The number of aromatic nitrogens is 3. The monoisotopic (exact) mass is 298 g/mol. The van der Waals surface area contributed by atoms with Gasteiger partial charge >= 0.3 is 0 Å². The Morgan fingerprint density at radius 2 is 2.33 bits per heavy atom. The van der Waals surface area contributed by atoms with Crippen molar-refractivity contribution >= 4 is 17.0 Å². The fraction of sp³-hybridized carbons (Fsp3) is 0.133. The van der Waals surface area contributed by atoms with Gasteiger partial charge in [-0.25, -0.2) is 4.98 Å². The Labute approximate surface area is 126 Å². The molecule has 3 aromatic rings. The second-order valence-corrected chi connectivity index (χ2v) is 5.22. The van der Waals surface area contributed by atoms with Crippen molar-refractivity contribution in [3.8, 4) is 0 Å². The number of pyridine rings is 1. The quantitative estimate of drug-likeness (QED) is 0.537. The second kappa shape index (κ2) is 6.32. The molecule has 0 aliphatic heterocycles. The Balaban J connectivity index is 1.83. The van der Waals surface area contributed by atoms with E-state index >= 15 is 0 Å². The van der Waals surface area contributed by atoms with Gasteiger partial charge in [0, 0.05) is 24.2 Å². The van der Waals surface area contributed by atoms with E-state index in [2.05, 4.69) is 15.1 Å². The molecule has 0 atom stereocenters. The summed E-state index contributed by atoms with van der Waals surface area (Å²) in [5.41, 5.74) is 3.54. The molecule has 0 bridgehead atoms. The third kappa shape index (κ3) is 3.17. The van der Waals surface area contributed by atoms with Crippen molar-refractivity contribution < 1.29 is 4.84 Å². The number of rotatable bonds is 5. The zero-order valence-electron chi connectivity index (χ0n) is 11.5. The van der Waals surface area contributed by atoms with Gasteiger partial charge in [-0.2, -0.15) is 11.3 Å². The molecule has 106 valence electrons. The van der Waals surface area contributed by atoms with Crippen LogP contribution < -0.4 is 0 Å². The van der Waals surface area contributed by atoms with Crippen LogP contribution in [0.4, 0.5) is 0 Å². The van der Waals surface area contributed by atoms with Crippen LogP contribution in [0.15, 0.2) is 58.9 Å². The van der Waals surface area contributed by atoms with Gasteiger partial charge in [0.15, 0.2) is 6.61 Å². The lowest BCUT2D eigenvalue weighted by molar-refractivity contribution is 0.128. The molecule has 3 aromatic heterocycles. The Morgan fingerprint density at radius 1 is 1.38 bits per heavy atom. The minimum absolute atomic E-state index is 0.340. The van der Waals surface area contributed by atoms with Crippen molar-refractivity contribution in [1.82, 2.24) is 14.5 Å². The Kier molecular flexibility index (Phi) is 4.07. The van der Waals surface area contributed by atoms with E-state index in [1.165, 1.54) is 0 Å². The van der Waals surface area contributed by atoms with Crippen molar-refractivity contribution in [2.75, 3.05) is 0 Å². The van der Waals surface area contributed by atoms with Crippen molar-refractivity contribution in [2.24, 2.45) is 12.2 Å². The molecule has 0 amide bonds. The highest BCUT2D eigenvalue weighted by molar-refractivity contribution is 7.08. The average molecular weight is 298 g/mol. The first kappa shape index (κ1) is 13.5. The fourth-order valence-electron chi connectivity index (χ4n) is 1.88. The van der Waals surface area contributed by atoms with E-state index in [-0.39, 0.29) is 0 Å². The Hall–Kier alpha value is -2.47. The van der Waals surface area contributed by atoms with Gasteiger partial charge in [-0.1, -0.05) is 11.2 Å². The normalized spacial score (nSPS) is 11.6. The lowest BCUT2D eigenvalue weighted by Gasteiger charge is -2.06. The lowest BCUT2D eigenvalue weighted by Crippen LogP contribution is -2.08. The third-order valence-corrected chi connectivity index (χ3v) is 3.63. The summed E-state index contributed by atoms with van der Waals surface area (Å²) in [4.78, 5) is 13.8. The predicted octanol–water partition coefficient (Wildman–Crippen LogP) is 2.85. The number of oxime groups is 1. The molecule has 0 spiro atoms. The molecule has 0 aromatic carbocycles. The number of aryl methyl sites for hydroxylation is 1. The van der Waals surface area contributed by atoms with Crippen molar-refractivity contribution in [2.45, 2.75) is 6.61 Å². The minimum atomic E-state index is 0.340. The molecule has 6 heteroatoms. The van der Waals surface area contributed by atoms with Crippen LogP contribution in [0, 0.1) is 0 Å². The van der Waals surface area contributed by atoms with E-state index in [0.717, 1.165) is 22.7 Å². The molecule has 3 rings (SSSR count). The highest BCUT2D eigenvalue weighted by atomic mass is 32.1. The van der Waals surface area contributed by atoms with Gasteiger partial charge in [0.25, 0.3) is 0 Å². The van der Waals surface area contributed by atoms with Crippen LogP contribution in [0.3, 0.4) is 0 Å². The van der Waals surface area contributed by atoms with E-state index in [9.17, 15) is 0 Å². The molecular weight excluding hydrogens is 284 g/mol. The first-order valence-electron chi connectivity index (χ1n) is 6.44. The van der Waals surface area contributed by atoms with Crippen LogP contribution in [0.5, 0.6) is 0 Å². The molecule has 21 heavy (non-hydrogen) atoms.